The number of amides is 1. The molecule has 0 spiro atoms. The van der Waals surface area contributed by atoms with E-state index in [-0.39, 0.29) is 18.0 Å². The summed E-state index contributed by atoms with van der Waals surface area (Å²) in [6, 6.07) is 21.6. The van der Waals surface area contributed by atoms with E-state index >= 15 is 0 Å². The van der Waals surface area contributed by atoms with E-state index in [1.165, 1.54) is 12.0 Å². The van der Waals surface area contributed by atoms with Gasteiger partial charge in [0.1, 0.15) is 6.54 Å². The molecule has 0 unspecified atom stereocenters. The molecule has 1 aliphatic heterocycles. The van der Waals surface area contributed by atoms with Gasteiger partial charge in [-0.2, -0.15) is 0 Å². The van der Waals surface area contributed by atoms with Crippen LogP contribution in [0.15, 0.2) is 71.2 Å². The summed E-state index contributed by atoms with van der Waals surface area (Å²) >= 11 is 3.52. The van der Waals surface area contributed by atoms with Crippen LogP contribution in [0.25, 0.3) is 44.3 Å². The normalized spacial score (nSPS) is 16.0. The van der Waals surface area contributed by atoms with Gasteiger partial charge >= 0.3 is 5.97 Å². The number of nitrogens with zero attached hydrogens (tertiary/aromatic N) is 3. The molecule has 3 N–H and O–H groups in total. The van der Waals surface area contributed by atoms with Crippen molar-refractivity contribution in [2.45, 2.75) is 44.6 Å². The van der Waals surface area contributed by atoms with Crippen molar-refractivity contribution >= 4 is 55.3 Å². The first kappa shape index (κ1) is 29.5. The zero-order chi connectivity index (χ0) is 31.1. The molecule has 2 fully saturated rings. The number of hydrogen-bond donors (Lipinski definition) is 2. The Morgan fingerprint density at radius 1 is 0.933 bits per heavy atom. The van der Waals surface area contributed by atoms with E-state index in [4.69, 9.17) is 15.5 Å². The molecule has 2 aromatic heterocycles. The Morgan fingerprint density at radius 3 is 2.47 bits per heavy atom. The highest BCUT2D eigenvalue weighted by Gasteiger charge is 2.29. The van der Waals surface area contributed by atoms with Gasteiger partial charge in [-0.15, -0.1) is 0 Å². The Hall–Kier alpha value is -4.21. The zero-order valence-corrected chi connectivity index (χ0v) is 26.6. The fraction of sp³-hybridized carbons (Fsp3) is 0.306. The molecule has 9 heteroatoms. The highest BCUT2D eigenvalue weighted by Crippen LogP contribution is 2.45. The molecule has 1 aliphatic carbocycles. The first-order valence-electron chi connectivity index (χ1n) is 15.6. The van der Waals surface area contributed by atoms with Crippen molar-refractivity contribution in [2.75, 3.05) is 32.0 Å². The van der Waals surface area contributed by atoms with Gasteiger partial charge in [-0.05, 0) is 88.3 Å². The van der Waals surface area contributed by atoms with E-state index in [1.54, 1.807) is 12.1 Å². The van der Waals surface area contributed by atoms with Crippen LogP contribution in [0.1, 0.15) is 53.9 Å². The highest BCUT2D eigenvalue weighted by molar-refractivity contribution is 9.10. The summed E-state index contributed by atoms with van der Waals surface area (Å²) in [5.74, 6) is -0.647. The molecule has 45 heavy (non-hydrogen) atoms. The molecule has 1 saturated carbocycles. The second-order valence-corrected chi connectivity index (χ2v) is 12.9. The lowest BCUT2D eigenvalue weighted by Crippen LogP contribution is -2.42. The summed E-state index contributed by atoms with van der Waals surface area (Å²) in [5.41, 5.74) is 13.6. The third-order valence-electron chi connectivity index (χ3n) is 9.28. The molecule has 2 aliphatic rings. The predicted octanol–water partition coefficient (Wildman–Crippen LogP) is 7.47. The quantitative estimate of drug-likeness (QED) is 0.182. The van der Waals surface area contributed by atoms with E-state index < -0.39 is 5.97 Å². The number of carbonyl (C=O) groups excluding carboxylic acids is 1. The van der Waals surface area contributed by atoms with Gasteiger partial charge in [-0.25, -0.2) is 9.78 Å². The van der Waals surface area contributed by atoms with Crippen molar-refractivity contribution in [3.05, 3.63) is 82.3 Å². The lowest BCUT2D eigenvalue weighted by atomic mass is 9.81. The number of anilines is 1. The first-order chi connectivity index (χ1) is 21.9. The lowest BCUT2D eigenvalue weighted by molar-refractivity contribution is -0.135. The Balaban J connectivity index is 1.40. The van der Waals surface area contributed by atoms with Crippen molar-refractivity contribution in [1.82, 2.24) is 14.5 Å². The van der Waals surface area contributed by atoms with Gasteiger partial charge in [0.2, 0.25) is 5.91 Å². The molecule has 1 saturated heterocycles. The Bertz CT molecular complexity index is 1940. The number of benzene rings is 3. The van der Waals surface area contributed by atoms with Crippen LogP contribution >= 0.6 is 15.9 Å². The van der Waals surface area contributed by atoms with Gasteiger partial charge in [-0.3, -0.25) is 4.79 Å². The standard InChI is InChI=1S/C36H35BrN4O4/c37-28-19-24(7-11-29(28)38)31-12-8-23-18-25(9-13-30(23)39-31)35-34(22-4-2-1-3-5-22)27-10-6-26(36(43)44)20-32(27)41(35)21-33(42)40-14-16-45-17-15-40/h6-13,18-20,22H,1-5,14-17,21,38H2,(H,43,44). The van der Waals surface area contributed by atoms with Crippen molar-refractivity contribution < 1.29 is 19.4 Å². The number of rotatable bonds is 6. The number of ether oxygens (including phenoxy) is 1. The Labute approximate surface area is 269 Å². The summed E-state index contributed by atoms with van der Waals surface area (Å²) in [6.45, 7) is 2.28. The van der Waals surface area contributed by atoms with E-state index in [0.717, 1.165) is 74.5 Å². The number of carbonyl (C=O) groups is 2. The van der Waals surface area contributed by atoms with E-state index in [9.17, 15) is 14.7 Å². The molecular formula is C36H35BrN4O4. The summed E-state index contributed by atoms with van der Waals surface area (Å²) in [5, 5.41) is 11.9. The fourth-order valence-corrected chi connectivity index (χ4v) is 7.34. The molecule has 230 valence electrons. The average molecular weight is 668 g/mol. The largest absolute Gasteiger partial charge is 0.478 e. The van der Waals surface area contributed by atoms with Gasteiger partial charge in [0.15, 0.2) is 0 Å². The predicted molar refractivity (Wildman–Crippen MR) is 180 cm³/mol. The number of pyridine rings is 1. The number of hydrogen-bond acceptors (Lipinski definition) is 5. The average Bonchev–Trinajstić information content (AvgIpc) is 3.39. The lowest BCUT2D eigenvalue weighted by Gasteiger charge is -2.28. The van der Waals surface area contributed by atoms with Gasteiger partial charge in [0, 0.05) is 39.6 Å². The molecular weight excluding hydrogens is 632 g/mol. The van der Waals surface area contributed by atoms with Crippen molar-refractivity contribution in [1.29, 1.82) is 0 Å². The van der Waals surface area contributed by atoms with Crippen LogP contribution in [0.5, 0.6) is 0 Å². The van der Waals surface area contributed by atoms with Crippen molar-refractivity contribution in [3.8, 4) is 22.5 Å². The molecule has 8 nitrogen and oxygen atoms in total. The molecule has 0 atom stereocenters. The van der Waals surface area contributed by atoms with Crippen molar-refractivity contribution in [3.63, 3.8) is 0 Å². The number of aromatic nitrogens is 2. The fourth-order valence-electron chi connectivity index (χ4n) is 6.96. The molecule has 3 heterocycles. The third kappa shape index (κ3) is 5.71. The van der Waals surface area contributed by atoms with Crippen LogP contribution in [0.2, 0.25) is 0 Å². The molecule has 0 bridgehead atoms. The van der Waals surface area contributed by atoms with Crippen LogP contribution in [-0.2, 0) is 16.1 Å². The number of halogens is 1. The smallest absolute Gasteiger partial charge is 0.335 e. The third-order valence-corrected chi connectivity index (χ3v) is 9.97. The second-order valence-electron chi connectivity index (χ2n) is 12.1. The maximum Gasteiger partial charge on any atom is 0.335 e. The minimum Gasteiger partial charge on any atom is -0.478 e. The van der Waals surface area contributed by atoms with Crippen LogP contribution in [0.3, 0.4) is 0 Å². The Kier molecular flexibility index (Phi) is 8.06. The summed E-state index contributed by atoms with van der Waals surface area (Å²) in [6.07, 6.45) is 5.67. The Morgan fingerprint density at radius 2 is 1.71 bits per heavy atom. The summed E-state index contributed by atoms with van der Waals surface area (Å²) in [4.78, 5) is 32.6. The first-order valence-corrected chi connectivity index (χ1v) is 16.4. The number of nitrogen functional groups attached to an aromatic ring is 1. The summed E-state index contributed by atoms with van der Waals surface area (Å²) < 4.78 is 8.40. The number of aromatic carboxylic acids is 1. The van der Waals surface area contributed by atoms with Gasteiger partial charge in [-0.1, -0.05) is 43.5 Å². The second kappa shape index (κ2) is 12.3. The minimum atomic E-state index is -0.981. The number of fused-ring (bicyclic) bond motifs is 2. The SMILES string of the molecule is Nc1ccc(-c2ccc3cc(-c4c(C5CCCCC5)c5ccc(C(=O)O)cc5n4CC(=O)N4CCOCC4)ccc3n2)cc1Br. The van der Waals surface area contributed by atoms with Crippen LogP contribution in [0, 0.1) is 0 Å². The number of morpholine rings is 1. The number of carboxylic acids is 1. The van der Waals surface area contributed by atoms with Crippen LogP contribution < -0.4 is 5.73 Å². The van der Waals surface area contributed by atoms with Gasteiger partial charge in [0.25, 0.3) is 0 Å². The highest BCUT2D eigenvalue weighted by atomic mass is 79.9. The van der Waals surface area contributed by atoms with E-state index in [0.29, 0.717) is 37.9 Å². The van der Waals surface area contributed by atoms with Gasteiger partial charge in [0.05, 0.1) is 41.2 Å². The maximum absolute atomic E-state index is 13.7. The molecule has 3 aromatic carbocycles. The molecule has 1 amide bonds. The molecule has 5 aromatic rings. The molecule has 7 rings (SSSR count). The maximum atomic E-state index is 13.7. The van der Waals surface area contributed by atoms with Gasteiger partial charge < -0.3 is 25.0 Å². The van der Waals surface area contributed by atoms with E-state index in [2.05, 4.69) is 38.7 Å². The summed E-state index contributed by atoms with van der Waals surface area (Å²) in [7, 11) is 0. The number of carboxylic acid groups (broad SMARTS) is 1. The molecule has 0 radical (unpaired) electrons. The van der Waals surface area contributed by atoms with Crippen LogP contribution in [-0.4, -0.2) is 57.7 Å². The zero-order valence-electron chi connectivity index (χ0n) is 25.0. The van der Waals surface area contributed by atoms with E-state index in [1.807, 2.05) is 41.3 Å². The minimum absolute atomic E-state index is 0.00845. The van der Waals surface area contributed by atoms with Crippen LogP contribution in [0.4, 0.5) is 5.69 Å². The van der Waals surface area contributed by atoms with Crippen molar-refractivity contribution in [2.24, 2.45) is 0 Å². The topological polar surface area (TPSA) is 111 Å². The number of nitrogens with two attached hydrogens (primary N) is 1. The monoisotopic (exact) mass is 666 g/mol.